The summed E-state index contributed by atoms with van der Waals surface area (Å²) in [5.41, 5.74) is 0.732. The van der Waals surface area contributed by atoms with E-state index in [-0.39, 0.29) is 11.6 Å². The molecule has 0 fully saturated rings. The van der Waals surface area contributed by atoms with Crippen molar-refractivity contribution in [3.63, 3.8) is 0 Å². The van der Waals surface area contributed by atoms with Gasteiger partial charge in [-0.1, -0.05) is 30.3 Å². The first kappa shape index (κ1) is 15.6. The molecule has 0 saturated carbocycles. The van der Waals surface area contributed by atoms with E-state index in [9.17, 15) is 8.78 Å². The molecule has 0 bridgehead atoms. The van der Waals surface area contributed by atoms with E-state index in [0.29, 0.717) is 5.88 Å². The highest BCUT2D eigenvalue weighted by Crippen LogP contribution is 2.32. The molecule has 2 aromatic carbocycles. The summed E-state index contributed by atoms with van der Waals surface area (Å²) >= 11 is 0. The predicted octanol–water partition coefficient (Wildman–Crippen LogP) is 3.13. The Balaban J connectivity index is 2.17. The highest BCUT2D eigenvalue weighted by atomic mass is 31.1. The van der Waals surface area contributed by atoms with Crippen molar-refractivity contribution in [3.05, 3.63) is 78.4 Å². The molecule has 0 radical (unpaired) electrons. The summed E-state index contributed by atoms with van der Waals surface area (Å²) in [6.07, 6.45) is 0. The molecule has 116 valence electrons. The van der Waals surface area contributed by atoms with Gasteiger partial charge in [0.1, 0.15) is 11.6 Å². The lowest BCUT2D eigenvalue weighted by atomic mass is 10.3. The maximum Gasteiger partial charge on any atom is 0.213 e. The maximum atomic E-state index is 13.7. The predicted molar refractivity (Wildman–Crippen MR) is 89.4 cm³/mol. The fourth-order valence-electron chi connectivity index (χ4n) is 2.29. The summed E-state index contributed by atoms with van der Waals surface area (Å²) in [7, 11) is 0.369. The molecule has 1 aromatic heterocycles. The quantitative estimate of drug-likeness (QED) is 0.686. The van der Waals surface area contributed by atoms with Crippen LogP contribution in [0.3, 0.4) is 0 Å². The van der Waals surface area contributed by atoms with E-state index < -0.39 is 7.92 Å². The van der Waals surface area contributed by atoms with Gasteiger partial charge in [0.25, 0.3) is 0 Å². The third kappa shape index (κ3) is 3.54. The summed E-state index contributed by atoms with van der Waals surface area (Å²) in [6, 6.07) is 18.1. The van der Waals surface area contributed by atoms with Crippen LogP contribution in [-0.4, -0.2) is 12.1 Å². The number of halogens is 2. The molecule has 0 atom stereocenters. The minimum atomic E-state index is -1.17. The number of aromatic nitrogens is 1. The van der Waals surface area contributed by atoms with Crippen LogP contribution in [0.4, 0.5) is 8.78 Å². The number of methoxy groups -OCH3 is 1. The van der Waals surface area contributed by atoms with Crippen molar-refractivity contribution >= 4 is 24.0 Å². The van der Waals surface area contributed by atoms with Crippen LogP contribution < -0.4 is 20.8 Å². The molecule has 0 aliphatic rings. The third-order valence-corrected chi connectivity index (χ3v) is 5.58. The van der Waals surface area contributed by atoms with Crippen molar-refractivity contribution in [2.24, 2.45) is 0 Å². The molecule has 0 amide bonds. The van der Waals surface area contributed by atoms with Gasteiger partial charge in [0.15, 0.2) is 0 Å². The van der Waals surface area contributed by atoms with E-state index >= 15 is 0 Å². The standard InChI is InChI=1S/C18H14F2NOP/c1-22-17-9-4-10-18(21-17)23(15-7-2-5-13(19)11-15)16-8-3-6-14(20)12-16/h2-12H,1H3. The third-order valence-electron chi connectivity index (χ3n) is 3.28. The van der Waals surface area contributed by atoms with Crippen LogP contribution in [0.1, 0.15) is 0 Å². The van der Waals surface area contributed by atoms with Crippen LogP contribution in [0.2, 0.25) is 0 Å². The molecule has 3 aromatic rings. The van der Waals surface area contributed by atoms with Crippen LogP contribution in [0.5, 0.6) is 5.88 Å². The smallest absolute Gasteiger partial charge is 0.213 e. The molecule has 2 nitrogen and oxygen atoms in total. The van der Waals surface area contributed by atoms with Crippen molar-refractivity contribution in [2.75, 3.05) is 7.11 Å². The summed E-state index contributed by atoms with van der Waals surface area (Å²) in [6.45, 7) is 0. The van der Waals surface area contributed by atoms with E-state index in [0.717, 1.165) is 16.0 Å². The second kappa shape index (κ2) is 6.84. The fourth-order valence-corrected chi connectivity index (χ4v) is 4.52. The van der Waals surface area contributed by atoms with E-state index in [4.69, 9.17) is 4.74 Å². The molecular weight excluding hydrogens is 315 g/mol. The number of rotatable bonds is 4. The molecule has 0 unspecified atom stereocenters. The zero-order chi connectivity index (χ0) is 16.2. The minimum absolute atomic E-state index is 0.325. The van der Waals surface area contributed by atoms with Crippen molar-refractivity contribution in [1.29, 1.82) is 0 Å². The molecular formula is C18H14F2NOP. The Morgan fingerprint density at radius 2 is 1.39 bits per heavy atom. The summed E-state index contributed by atoms with van der Waals surface area (Å²) < 4.78 is 32.5. The van der Waals surface area contributed by atoms with Crippen molar-refractivity contribution in [2.45, 2.75) is 0 Å². The average molecular weight is 329 g/mol. The first-order valence-corrected chi connectivity index (χ1v) is 8.34. The Morgan fingerprint density at radius 3 is 1.91 bits per heavy atom. The maximum absolute atomic E-state index is 13.7. The van der Waals surface area contributed by atoms with Gasteiger partial charge in [-0.2, -0.15) is 0 Å². The summed E-state index contributed by atoms with van der Waals surface area (Å²) in [5.74, 6) is -0.175. The Hall–Kier alpha value is -2.32. The average Bonchev–Trinajstić information content (AvgIpc) is 2.55. The van der Waals surface area contributed by atoms with Gasteiger partial charge in [-0.3, -0.25) is 0 Å². The van der Waals surface area contributed by atoms with Gasteiger partial charge in [-0.25, -0.2) is 13.8 Å². The SMILES string of the molecule is COc1cccc(P(c2cccc(F)c2)c2cccc(F)c2)n1. The monoisotopic (exact) mass is 329 g/mol. The van der Waals surface area contributed by atoms with Gasteiger partial charge in [0.05, 0.1) is 12.5 Å². The lowest BCUT2D eigenvalue weighted by molar-refractivity contribution is 0.399. The molecule has 5 heteroatoms. The molecule has 0 aliphatic heterocycles. The van der Waals surface area contributed by atoms with E-state index in [1.165, 1.54) is 24.3 Å². The van der Waals surface area contributed by atoms with Crippen molar-refractivity contribution in [3.8, 4) is 5.88 Å². The van der Waals surface area contributed by atoms with Crippen LogP contribution in [-0.2, 0) is 0 Å². The lowest BCUT2D eigenvalue weighted by Gasteiger charge is -2.18. The molecule has 0 N–H and O–H groups in total. The van der Waals surface area contributed by atoms with Gasteiger partial charge in [-0.15, -0.1) is 0 Å². The van der Waals surface area contributed by atoms with E-state index in [1.54, 1.807) is 25.3 Å². The Kier molecular flexibility index (Phi) is 4.63. The number of benzene rings is 2. The van der Waals surface area contributed by atoms with Gasteiger partial charge in [0.2, 0.25) is 5.88 Å². The molecule has 0 aliphatic carbocycles. The normalized spacial score (nSPS) is 10.8. The Bertz CT molecular complexity index is 780. The van der Waals surface area contributed by atoms with Gasteiger partial charge < -0.3 is 4.74 Å². The van der Waals surface area contributed by atoms with Crippen molar-refractivity contribution in [1.82, 2.24) is 4.98 Å². The first-order chi connectivity index (χ1) is 11.2. The van der Waals surface area contributed by atoms with Crippen molar-refractivity contribution < 1.29 is 13.5 Å². The van der Waals surface area contributed by atoms with Crippen LogP contribution in [0, 0.1) is 11.6 Å². The fraction of sp³-hybridized carbons (Fsp3) is 0.0556. The lowest BCUT2D eigenvalue weighted by Crippen LogP contribution is -2.23. The molecule has 23 heavy (non-hydrogen) atoms. The number of ether oxygens (including phenoxy) is 1. The number of hydrogen-bond acceptors (Lipinski definition) is 2. The first-order valence-electron chi connectivity index (χ1n) is 7.00. The van der Waals surface area contributed by atoms with Crippen LogP contribution in [0.15, 0.2) is 66.7 Å². The van der Waals surface area contributed by atoms with Gasteiger partial charge in [0, 0.05) is 14.0 Å². The van der Waals surface area contributed by atoms with E-state index in [2.05, 4.69) is 4.98 Å². The largest absolute Gasteiger partial charge is 0.481 e. The second-order valence-electron chi connectivity index (χ2n) is 4.83. The number of hydrogen-bond donors (Lipinski definition) is 0. The zero-order valence-electron chi connectivity index (χ0n) is 12.4. The van der Waals surface area contributed by atoms with E-state index in [1.807, 2.05) is 24.3 Å². The summed E-state index contributed by atoms with van der Waals surface area (Å²) in [4.78, 5) is 4.47. The molecule has 0 spiro atoms. The summed E-state index contributed by atoms with van der Waals surface area (Å²) in [5, 5.41) is 1.54. The molecule has 1 heterocycles. The zero-order valence-corrected chi connectivity index (χ0v) is 13.3. The second-order valence-corrected chi connectivity index (χ2v) is 7.00. The van der Waals surface area contributed by atoms with Crippen LogP contribution in [0.25, 0.3) is 0 Å². The highest BCUT2D eigenvalue weighted by molar-refractivity contribution is 7.79. The highest BCUT2D eigenvalue weighted by Gasteiger charge is 2.19. The van der Waals surface area contributed by atoms with Gasteiger partial charge >= 0.3 is 0 Å². The van der Waals surface area contributed by atoms with Crippen LogP contribution >= 0.6 is 7.92 Å². The minimum Gasteiger partial charge on any atom is -0.481 e. The Morgan fingerprint density at radius 1 is 0.826 bits per heavy atom. The van der Waals surface area contributed by atoms with Gasteiger partial charge in [-0.05, 0) is 40.9 Å². The Labute approximate surface area is 134 Å². The molecule has 0 saturated heterocycles. The number of nitrogens with zero attached hydrogens (tertiary/aromatic N) is 1. The molecule has 3 rings (SSSR count). The number of pyridine rings is 1. The topological polar surface area (TPSA) is 22.1 Å².